The standard InChI is InChI=1S/C20H18N2O/c23-20(13-15-8-7-14-4-1-2-6-18(14)15)22-17-9-10-19-16(12-17)5-3-11-21-19/h1-6,9-12,15H,7-8,13H2,(H,22,23). The average Bonchev–Trinajstić information content (AvgIpc) is 2.98. The second kappa shape index (κ2) is 5.84. The van der Waals surface area contributed by atoms with Crippen LogP contribution in [0, 0.1) is 0 Å². The zero-order valence-electron chi connectivity index (χ0n) is 12.8. The number of pyridine rings is 1. The fraction of sp³-hybridized carbons (Fsp3) is 0.200. The third-order valence-electron chi connectivity index (χ3n) is 4.58. The Kier molecular flexibility index (Phi) is 3.54. The van der Waals surface area contributed by atoms with Crippen molar-refractivity contribution in [1.29, 1.82) is 0 Å². The largest absolute Gasteiger partial charge is 0.326 e. The normalized spacial score (nSPS) is 16.3. The molecule has 0 saturated carbocycles. The summed E-state index contributed by atoms with van der Waals surface area (Å²) in [6, 6.07) is 18.2. The number of aromatic nitrogens is 1. The summed E-state index contributed by atoms with van der Waals surface area (Å²) in [5.41, 5.74) is 4.50. The minimum absolute atomic E-state index is 0.0787. The summed E-state index contributed by atoms with van der Waals surface area (Å²) in [6.45, 7) is 0. The Morgan fingerprint density at radius 3 is 3.00 bits per heavy atom. The van der Waals surface area contributed by atoms with Gasteiger partial charge in [-0.15, -0.1) is 0 Å². The molecule has 1 aromatic heterocycles. The summed E-state index contributed by atoms with van der Waals surface area (Å²) in [7, 11) is 0. The highest BCUT2D eigenvalue weighted by molar-refractivity contribution is 5.94. The lowest BCUT2D eigenvalue weighted by atomic mass is 9.97. The maximum absolute atomic E-state index is 12.4. The first-order valence-corrected chi connectivity index (χ1v) is 8.02. The maximum atomic E-state index is 12.4. The average molecular weight is 302 g/mol. The highest BCUT2D eigenvalue weighted by Gasteiger charge is 2.24. The van der Waals surface area contributed by atoms with Crippen molar-refractivity contribution in [3.63, 3.8) is 0 Å². The molecule has 0 radical (unpaired) electrons. The van der Waals surface area contributed by atoms with Gasteiger partial charge >= 0.3 is 0 Å². The van der Waals surface area contributed by atoms with Gasteiger partial charge in [0.05, 0.1) is 5.52 Å². The molecule has 3 aromatic rings. The summed E-state index contributed by atoms with van der Waals surface area (Å²) in [5, 5.41) is 4.06. The van der Waals surface area contributed by atoms with Crippen molar-refractivity contribution in [3.8, 4) is 0 Å². The summed E-state index contributed by atoms with van der Waals surface area (Å²) >= 11 is 0. The predicted octanol–water partition coefficient (Wildman–Crippen LogP) is 4.29. The van der Waals surface area contributed by atoms with Crippen LogP contribution < -0.4 is 5.32 Å². The van der Waals surface area contributed by atoms with Gasteiger partial charge in [0.1, 0.15) is 0 Å². The molecule has 1 aliphatic carbocycles. The fourth-order valence-corrected chi connectivity index (χ4v) is 3.45. The SMILES string of the molecule is O=C(CC1CCc2ccccc21)Nc1ccc2ncccc2c1. The number of carbonyl (C=O) groups excluding carboxylic acids is 1. The van der Waals surface area contributed by atoms with Crippen LogP contribution in [0.25, 0.3) is 10.9 Å². The first kappa shape index (κ1) is 13.9. The van der Waals surface area contributed by atoms with Crippen molar-refractivity contribution >= 4 is 22.5 Å². The lowest BCUT2D eigenvalue weighted by Crippen LogP contribution is -2.14. The van der Waals surface area contributed by atoms with Gasteiger partial charge < -0.3 is 5.32 Å². The van der Waals surface area contributed by atoms with Gasteiger partial charge in [-0.25, -0.2) is 0 Å². The van der Waals surface area contributed by atoms with E-state index in [0.29, 0.717) is 12.3 Å². The Labute approximate surface area is 135 Å². The molecule has 1 atom stereocenters. The molecule has 0 bridgehead atoms. The van der Waals surface area contributed by atoms with Gasteiger partial charge in [-0.1, -0.05) is 30.3 Å². The topological polar surface area (TPSA) is 42.0 Å². The number of carbonyl (C=O) groups is 1. The molecule has 0 aliphatic heterocycles. The van der Waals surface area contributed by atoms with Crippen LogP contribution in [0.1, 0.15) is 29.9 Å². The van der Waals surface area contributed by atoms with Crippen LogP contribution in [-0.4, -0.2) is 10.9 Å². The zero-order valence-corrected chi connectivity index (χ0v) is 12.8. The van der Waals surface area contributed by atoms with Crippen LogP contribution in [0.2, 0.25) is 0 Å². The molecule has 1 aliphatic rings. The number of benzene rings is 2. The first-order valence-electron chi connectivity index (χ1n) is 8.02. The van der Waals surface area contributed by atoms with E-state index in [-0.39, 0.29) is 5.91 Å². The van der Waals surface area contributed by atoms with Crippen molar-refractivity contribution in [2.75, 3.05) is 5.32 Å². The van der Waals surface area contributed by atoms with E-state index in [2.05, 4.69) is 34.6 Å². The van der Waals surface area contributed by atoms with E-state index in [1.807, 2.05) is 30.3 Å². The monoisotopic (exact) mass is 302 g/mol. The van der Waals surface area contributed by atoms with E-state index in [1.165, 1.54) is 11.1 Å². The number of rotatable bonds is 3. The lowest BCUT2D eigenvalue weighted by Gasteiger charge is -2.12. The number of amides is 1. The van der Waals surface area contributed by atoms with E-state index in [1.54, 1.807) is 6.20 Å². The highest BCUT2D eigenvalue weighted by atomic mass is 16.1. The lowest BCUT2D eigenvalue weighted by molar-refractivity contribution is -0.116. The molecule has 0 saturated heterocycles. The molecule has 3 heteroatoms. The molecule has 1 heterocycles. The number of aryl methyl sites for hydroxylation is 1. The summed E-state index contributed by atoms with van der Waals surface area (Å²) in [6.07, 6.45) is 4.46. The number of hydrogen-bond donors (Lipinski definition) is 1. The van der Waals surface area contributed by atoms with Crippen molar-refractivity contribution in [2.24, 2.45) is 0 Å². The van der Waals surface area contributed by atoms with E-state index >= 15 is 0 Å². The molecule has 114 valence electrons. The molecule has 2 aromatic carbocycles. The van der Waals surface area contributed by atoms with Crippen molar-refractivity contribution < 1.29 is 4.79 Å². The quantitative estimate of drug-likeness (QED) is 0.784. The first-order chi connectivity index (χ1) is 11.3. The third kappa shape index (κ3) is 2.82. The van der Waals surface area contributed by atoms with E-state index in [4.69, 9.17) is 0 Å². The van der Waals surface area contributed by atoms with Crippen LogP contribution in [0.4, 0.5) is 5.69 Å². The number of nitrogens with one attached hydrogen (secondary N) is 1. The molecule has 1 amide bonds. The van der Waals surface area contributed by atoms with Gasteiger partial charge in [0.15, 0.2) is 0 Å². The Morgan fingerprint density at radius 1 is 1.13 bits per heavy atom. The van der Waals surface area contributed by atoms with E-state index in [9.17, 15) is 4.79 Å². The second-order valence-electron chi connectivity index (χ2n) is 6.10. The molecular weight excluding hydrogens is 284 g/mol. The molecular formula is C20H18N2O. The zero-order chi connectivity index (χ0) is 15.6. The van der Waals surface area contributed by atoms with Gasteiger partial charge in [-0.05, 0) is 54.2 Å². The van der Waals surface area contributed by atoms with Crippen LogP contribution in [-0.2, 0) is 11.2 Å². The molecule has 0 spiro atoms. The number of anilines is 1. The van der Waals surface area contributed by atoms with Crippen LogP contribution in [0.3, 0.4) is 0 Å². The molecule has 3 nitrogen and oxygen atoms in total. The predicted molar refractivity (Wildman–Crippen MR) is 92.5 cm³/mol. The van der Waals surface area contributed by atoms with Crippen LogP contribution in [0.5, 0.6) is 0 Å². The Balaban J connectivity index is 1.47. The molecule has 0 fully saturated rings. The van der Waals surface area contributed by atoms with Crippen LogP contribution >= 0.6 is 0 Å². The fourth-order valence-electron chi connectivity index (χ4n) is 3.45. The Bertz CT molecular complexity index is 872. The second-order valence-corrected chi connectivity index (χ2v) is 6.10. The van der Waals surface area contributed by atoms with Crippen molar-refractivity contribution in [3.05, 3.63) is 71.9 Å². The number of fused-ring (bicyclic) bond motifs is 2. The minimum Gasteiger partial charge on any atom is -0.326 e. The highest BCUT2D eigenvalue weighted by Crippen LogP contribution is 2.35. The summed E-state index contributed by atoms with van der Waals surface area (Å²) < 4.78 is 0. The molecule has 23 heavy (non-hydrogen) atoms. The van der Waals surface area contributed by atoms with Gasteiger partial charge in [0.25, 0.3) is 0 Å². The summed E-state index contributed by atoms with van der Waals surface area (Å²) in [5.74, 6) is 0.420. The summed E-state index contributed by atoms with van der Waals surface area (Å²) in [4.78, 5) is 16.7. The van der Waals surface area contributed by atoms with E-state index < -0.39 is 0 Å². The van der Waals surface area contributed by atoms with Crippen molar-refractivity contribution in [1.82, 2.24) is 4.98 Å². The van der Waals surface area contributed by atoms with Crippen molar-refractivity contribution in [2.45, 2.75) is 25.2 Å². The van der Waals surface area contributed by atoms with Crippen LogP contribution in [0.15, 0.2) is 60.8 Å². The minimum atomic E-state index is 0.0787. The van der Waals surface area contributed by atoms with Gasteiger partial charge in [0.2, 0.25) is 5.91 Å². The number of nitrogens with zero attached hydrogens (tertiary/aromatic N) is 1. The van der Waals surface area contributed by atoms with Gasteiger partial charge in [-0.2, -0.15) is 0 Å². The Morgan fingerprint density at radius 2 is 2.04 bits per heavy atom. The van der Waals surface area contributed by atoms with Gasteiger partial charge in [-0.3, -0.25) is 9.78 Å². The molecule has 1 unspecified atom stereocenters. The molecule has 4 rings (SSSR count). The Hall–Kier alpha value is -2.68. The smallest absolute Gasteiger partial charge is 0.224 e. The number of hydrogen-bond acceptors (Lipinski definition) is 2. The van der Waals surface area contributed by atoms with E-state index in [0.717, 1.165) is 29.4 Å². The molecule has 1 N–H and O–H groups in total. The van der Waals surface area contributed by atoms with Gasteiger partial charge in [0, 0.05) is 23.7 Å². The maximum Gasteiger partial charge on any atom is 0.224 e. The third-order valence-corrected chi connectivity index (χ3v) is 4.58.